The van der Waals surface area contributed by atoms with Crippen LogP contribution in [-0.4, -0.2) is 0 Å². The molecular formula is C84H54N2O2. The van der Waals surface area contributed by atoms with E-state index in [1.165, 1.54) is 131 Å². The number of hydrogen-bond donors (Lipinski definition) is 0. The second kappa shape index (κ2) is 16.9. The van der Waals surface area contributed by atoms with Crippen LogP contribution in [0.5, 0.6) is 0 Å². The highest BCUT2D eigenvalue weighted by atomic mass is 16.3. The summed E-state index contributed by atoms with van der Waals surface area (Å²) in [7, 11) is 0. The zero-order valence-electron chi connectivity index (χ0n) is 49.0. The quantitative estimate of drug-likeness (QED) is 0.162. The second-order valence-corrected chi connectivity index (χ2v) is 25.9. The SMILES string of the molecule is CC1(C)c2ccccc2N(c2ccc3c4ccc(N5c6ccccc6C(C)(C)c6cc7c(cc65)oc5cc6c8ccccc8c8ccccc8c6cc57)cc4c4ccccc4c3c2)c2cc3oc4cc5c6ccccc6c6ccccc6c5cc4c3cc21. The van der Waals surface area contributed by atoms with Gasteiger partial charge in [0.25, 0.3) is 0 Å². The molecule has 0 fully saturated rings. The Balaban J connectivity index is 0.761. The van der Waals surface area contributed by atoms with Crippen molar-refractivity contribution in [2.45, 2.75) is 38.5 Å². The highest BCUT2D eigenvalue weighted by molar-refractivity contribution is 6.31. The van der Waals surface area contributed by atoms with Crippen LogP contribution in [0.2, 0.25) is 0 Å². The van der Waals surface area contributed by atoms with E-state index in [4.69, 9.17) is 8.83 Å². The smallest absolute Gasteiger partial charge is 0.137 e. The lowest BCUT2D eigenvalue weighted by Crippen LogP contribution is -2.30. The molecule has 0 bridgehead atoms. The van der Waals surface area contributed by atoms with Crippen LogP contribution in [0.25, 0.3) is 141 Å². The van der Waals surface area contributed by atoms with Gasteiger partial charge in [0.2, 0.25) is 0 Å². The van der Waals surface area contributed by atoms with Crippen LogP contribution in [-0.2, 0) is 10.8 Å². The normalized spacial score (nSPS) is 14.5. The fourth-order valence-corrected chi connectivity index (χ4v) is 16.5. The predicted molar refractivity (Wildman–Crippen MR) is 372 cm³/mol. The maximum atomic E-state index is 7.04. The molecule has 18 aromatic rings. The first kappa shape index (κ1) is 48.3. The van der Waals surface area contributed by atoms with E-state index in [-0.39, 0.29) is 10.8 Å². The number of furan rings is 2. The number of anilines is 6. The fraction of sp³-hybridized carbons (Fsp3) is 0.0714. The van der Waals surface area contributed by atoms with Crippen molar-refractivity contribution in [2.24, 2.45) is 0 Å². The van der Waals surface area contributed by atoms with Crippen LogP contribution in [0.3, 0.4) is 0 Å². The predicted octanol–water partition coefficient (Wildman–Crippen LogP) is 24.1. The van der Waals surface area contributed by atoms with Gasteiger partial charge in [-0.3, -0.25) is 0 Å². The first-order chi connectivity index (χ1) is 43.1. The molecule has 20 rings (SSSR count). The van der Waals surface area contributed by atoms with Crippen molar-refractivity contribution in [3.8, 4) is 0 Å². The Morgan fingerprint density at radius 1 is 0.205 bits per heavy atom. The third-order valence-electron chi connectivity index (χ3n) is 20.7. The van der Waals surface area contributed by atoms with Crippen LogP contribution in [0.15, 0.2) is 264 Å². The summed E-state index contributed by atoms with van der Waals surface area (Å²) in [5.41, 5.74) is 14.9. The van der Waals surface area contributed by atoms with Gasteiger partial charge >= 0.3 is 0 Å². The maximum Gasteiger partial charge on any atom is 0.137 e. The molecule has 412 valence electrons. The van der Waals surface area contributed by atoms with E-state index < -0.39 is 0 Å². The third kappa shape index (κ3) is 6.28. The molecule has 0 amide bonds. The standard InChI is InChI=1S/C84H54N2O2/c1-83(2)71-29-15-17-31-75(71)85(77-45-81-69(41-73(77)83)67-39-63-53-23-9-5-19-49(53)51-21-7-11-25-55(51)65(63)43-79(67)87-81)47-33-35-59-60-36-34-48(38-62(60)58-28-14-13-27-57(58)61(59)37-47)86-76-32-18-16-30-72(76)84(3,4)74-42-70-68-40-64-54-24-10-6-20-50(54)52-22-8-12-26-56(52)66(64)44-80(68)88-82(70)46-78(74)86/h5-46H,1-4H3. The molecule has 4 heteroatoms. The van der Waals surface area contributed by atoms with Crippen molar-refractivity contribution >= 4 is 175 Å². The van der Waals surface area contributed by atoms with Gasteiger partial charge < -0.3 is 18.6 Å². The topological polar surface area (TPSA) is 32.8 Å². The largest absolute Gasteiger partial charge is 0.456 e. The second-order valence-electron chi connectivity index (χ2n) is 25.9. The van der Waals surface area contributed by atoms with Crippen molar-refractivity contribution < 1.29 is 8.83 Å². The lowest BCUT2D eigenvalue weighted by Gasteiger charge is -2.42. The van der Waals surface area contributed by atoms with Crippen LogP contribution < -0.4 is 9.80 Å². The molecule has 4 heterocycles. The van der Waals surface area contributed by atoms with Gasteiger partial charge in [0.1, 0.15) is 22.3 Å². The summed E-state index contributed by atoms with van der Waals surface area (Å²) in [4.78, 5) is 4.97. The molecule has 16 aromatic carbocycles. The van der Waals surface area contributed by atoms with Crippen molar-refractivity contribution in [3.05, 3.63) is 277 Å². The van der Waals surface area contributed by atoms with E-state index in [1.807, 2.05) is 0 Å². The molecule has 2 aliphatic rings. The van der Waals surface area contributed by atoms with Crippen molar-refractivity contribution in [1.82, 2.24) is 0 Å². The molecule has 2 aromatic heterocycles. The van der Waals surface area contributed by atoms with E-state index in [0.29, 0.717) is 0 Å². The minimum absolute atomic E-state index is 0.304. The van der Waals surface area contributed by atoms with E-state index in [1.54, 1.807) is 0 Å². The average Bonchev–Trinajstić information content (AvgIpc) is 1.28. The Bertz CT molecular complexity index is 5820. The van der Waals surface area contributed by atoms with Crippen LogP contribution >= 0.6 is 0 Å². The molecule has 0 unspecified atom stereocenters. The van der Waals surface area contributed by atoms with E-state index in [2.05, 4.69) is 292 Å². The van der Waals surface area contributed by atoms with Crippen molar-refractivity contribution in [2.75, 3.05) is 9.80 Å². The first-order valence-corrected chi connectivity index (χ1v) is 30.8. The molecule has 0 aliphatic carbocycles. The molecule has 0 atom stereocenters. The van der Waals surface area contributed by atoms with Gasteiger partial charge in [0.15, 0.2) is 0 Å². The molecule has 2 aliphatic heterocycles. The zero-order chi connectivity index (χ0) is 58.1. The molecule has 4 nitrogen and oxygen atoms in total. The molecule has 0 N–H and O–H groups in total. The minimum Gasteiger partial charge on any atom is -0.456 e. The summed E-state index contributed by atoms with van der Waals surface area (Å²) in [5.74, 6) is 0. The molecule has 0 radical (unpaired) electrons. The van der Waals surface area contributed by atoms with Crippen LogP contribution in [0.1, 0.15) is 49.9 Å². The van der Waals surface area contributed by atoms with Crippen molar-refractivity contribution in [1.29, 1.82) is 0 Å². The molecule has 0 saturated heterocycles. The number of fused-ring (bicyclic) bond motifs is 28. The Labute approximate surface area is 506 Å². The van der Waals surface area contributed by atoms with E-state index in [0.717, 1.165) is 66.6 Å². The van der Waals surface area contributed by atoms with E-state index >= 15 is 0 Å². The Hall–Kier alpha value is -10.9. The fourth-order valence-electron chi connectivity index (χ4n) is 16.5. The third-order valence-corrected chi connectivity index (χ3v) is 20.7. The summed E-state index contributed by atoms with van der Waals surface area (Å²) < 4.78 is 14.1. The Morgan fingerprint density at radius 3 is 0.818 bits per heavy atom. The van der Waals surface area contributed by atoms with Crippen LogP contribution in [0.4, 0.5) is 34.1 Å². The van der Waals surface area contributed by atoms with Gasteiger partial charge in [-0.2, -0.15) is 0 Å². The number of benzene rings is 16. The summed E-state index contributed by atoms with van der Waals surface area (Å²) >= 11 is 0. The summed E-state index contributed by atoms with van der Waals surface area (Å²) in [6, 6.07) is 95.3. The summed E-state index contributed by atoms with van der Waals surface area (Å²) in [5, 5.41) is 26.8. The van der Waals surface area contributed by atoms with Crippen LogP contribution in [0, 0.1) is 0 Å². The van der Waals surface area contributed by atoms with Gasteiger partial charge in [0, 0.05) is 55.9 Å². The number of rotatable bonds is 2. The maximum absolute atomic E-state index is 7.04. The van der Waals surface area contributed by atoms with E-state index in [9.17, 15) is 0 Å². The van der Waals surface area contributed by atoms with Gasteiger partial charge in [-0.15, -0.1) is 0 Å². The van der Waals surface area contributed by atoms with Gasteiger partial charge in [0.05, 0.1) is 22.7 Å². The highest BCUT2D eigenvalue weighted by Gasteiger charge is 2.40. The highest BCUT2D eigenvalue weighted by Crippen LogP contribution is 2.57. The molecule has 0 saturated carbocycles. The average molecular weight is 1120 g/mol. The molecule has 88 heavy (non-hydrogen) atoms. The summed E-state index contributed by atoms with van der Waals surface area (Å²) in [6.07, 6.45) is 0. The summed E-state index contributed by atoms with van der Waals surface area (Å²) in [6.45, 7) is 9.52. The Kier molecular flexibility index (Phi) is 9.30. The lowest BCUT2D eigenvalue weighted by atomic mass is 9.73. The van der Waals surface area contributed by atoms with Gasteiger partial charge in [-0.05, 0) is 192 Å². The lowest BCUT2D eigenvalue weighted by molar-refractivity contribution is 0.630. The monoisotopic (exact) mass is 1120 g/mol. The number of para-hydroxylation sites is 2. The van der Waals surface area contributed by atoms with Gasteiger partial charge in [-0.1, -0.05) is 198 Å². The number of hydrogen-bond acceptors (Lipinski definition) is 4. The van der Waals surface area contributed by atoms with Gasteiger partial charge in [-0.25, -0.2) is 0 Å². The molecule has 0 spiro atoms. The zero-order valence-corrected chi connectivity index (χ0v) is 49.0. The number of nitrogens with zero attached hydrogens (tertiary/aromatic N) is 2. The molecular weight excluding hydrogens is 1070 g/mol. The minimum atomic E-state index is -0.304. The first-order valence-electron chi connectivity index (χ1n) is 30.8. The van der Waals surface area contributed by atoms with Crippen molar-refractivity contribution in [3.63, 3.8) is 0 Å². The Morgan fingerprint density at radius 2 is 0.466 bits per heavy atom.